The summed E-state index contributed by atoms with van der Waals surface area (Å²) in [6.07, 6.45) is 0. The minimum Gasteiger partial charge on any atom is -0.480 e. The maximum Gasteiger partial charge on any atom is 0.344 e. The van der Waals surface area contributed by atoms with Crippen molar-refractivity contribution in [1.29, 1.82) is 0 Å². The monoisotopic (exact) mass is 326 g/mol. The smallest absolute Gasteiger partial charge is 0.344 e. The van der Waals surface area contributed by atoms with E-state index in [1.807, 2.05) is 4.98 Å². The van der Waals surface area contributed by atoms with E-state index in [1.165, 1.54) is 0 Å². The molecule has 0 amide bonds. The van der Waals surface area contributed by atoms with E-state index in [0.29, 0.717) is 0 Å². The molecule has 0 bridgehead atoms. The van der Waals surface area contributed by atoms with E-state index in [9.17, 15) is 14.4 Å². The number of aliphatic carboxylic acids is 1. The normalized spacial score (nSPS) is 12.4. The van der Waals surface area contributed by atoms with Gasteiger partial charge in [0.1, 0.15) is 6.04 Å². The van der Waals surface area contributed by atoms with E-state index in [4.69, 9.17) is 10.8 Å². The molecule has 82 valence electrons. The number of carboxylic acids is 1. The van der Waals surface area contributed by atoms with Crippen LogP contribution in [0.1, 0.15) is 0 Å². The van der Waals surface area contributed by atoms with E-state index in [2.05, 4.69) is 5.10 Å². The number of nitrogens with one attached hydrogen (secondary N) is 1. The van der Waals surface area contributed by atoms with Crippen LogP contribution in [0.25, 0.3) is 0 Å². The third kappa shape index (κ3) is 2.86. The number of aromatic amines is 1. The summed E-state index contributed by atoms with van der Waals surface area (Å²) in [5.41, 5.74) is 3.82. The number of hydrogen-bond acceptors (Lipinski definition) is 5. The molecule has 1 aromatic rings. The summed E-state index contributed by atoms with van der Waals surface area (Å²) >= 11 is 1.63. The Morgan fingerprint density at radius 2 is 2.27 bits per heavy atom. The second-order valence-corrected chi connectivity index (χ2v) is 3.70. The molecule has 0 saturated carbocycles. The molecule has 1 aromatic heterocycles. The maximum absolute atomic E-state index is 11.1. The number of rotatable bonds is 3. The van der Waals surface area contributed by atoms with Crippen LogP contribution in [0.5, 0.6) is 0 Å². The number of aromatic nitrogens is 3. The van der Waals surface area contributed by atoms with Crippen LogP contribution in [0.4, 0.5) is 0 Å². The predicted octanol–water partition coefficient (Wildman–Crippen LogP) is -2.05. The van der Waals surface area contributed by atoms with Crippen LogP contribution >= 0.6 is 22.6 Å². The van der Waals surface area contributed by atoms with Gasteiger partial charge in [0, 0.05) is 0 Å². The van der Waals surface area contributed by atoms with E-state index < -0.39 is 23.3 Å². The fourth-order valence-corrected chi connectivity index (χ4v) is 1.19. The molecule has 1 heterocycles. The molecule has 0 radical (unpaired) electrons. The van der Waals surface area contributed by atoms with Gasteiger partial charge in [-0.05, 0) is 22.6 Å². The van der Waals surface area contributed by atoms with Gasteiger partial charge in [-0.1, -0.05) is 0 Å². The molecular weight excluding hydrogens is 319 g/mol. The molecular formula is C6H7IN4O4. The van der Waals surface area contributed by atoms with Crippen molar-refractivity contribution in [2.75, 3.05) is 0 Å². The van der Waals surface area contributed by atoms with Crippen LogP contribution in [-0.4, -0.2) is 31.9 Å². The second-order valence-electron chi connectivity index (χ2n) is 2.68. The second kappa shape index (κ2) is 4.53. The summed E-state index contributed by atoms with van der Waals surface area (Å²) in [6.45, 7) is -0.291. The molecule has 4 N–H and O–H groups in total. The van der Waals surface area contributed by atoms with Crippen LogP contribution < -0.4 is 17.0 Å². The predicted molar refractivity (Wildman–Crippen MR) is 57.4 cm³/mol. The molecule has 0 saturated heterocycles. The number of carbonyl (C=O) groups is 1. The van der Waals surface area contributed by atoms with E-state index >= 15 is 0 Å². The Hall–Kier alpha value is -1.23. The van der Waals surface area contributed by atoms with Crippen LogP contribution in [0.2, 0.25) is 0 Å². The molecule has 15 heavy (non-hydrogen) atoms. The molecule has 0 aliphatic heterocycles. The molecule has 9 heteroatoms. The van der Waals surface area contributed by atoms with Crippen LogP contribution in [0, 0.1) is 3.70 Å². The highest BCUT2D eigenvalue weighted by atomic mass is 127. The highest BCUT2D eigenvalue weighted by Crippen LogP contribution is 1.88. The highest BCUT2D eigenvalue weighted by Gasteiger charge is 2.14. The summed E-state index contributed by atoms with van der Waals surface area (Å²) in [5.74, 6) is -1.25. The maximum atomic E-state index is 11.1. The Labute approximate surface area is 96.2 Å². The lowest BCUT2D eigenvalue weighted by atomic mass is 10.3. The first-order chi connectivity index (χ1) is 6.91. The molecule has 0 fully saturated rings. The van der Waals surface area contributed by atoms with Crippen molar-refractivity contribution >= 4 is 28.6 Å². The van der Waals surface area contributed by atoms with Gasteiger partial charge >= 0.3 is 11.7 Å². The lowest BCUT2D eigenvalue weighted by Crippen LogP contribution is -2.42. The number of carboxylic acid groups (broad SMARTS) is 1. The van der Waals surface area contributed by atoms with Crippen molar-refractivity contribution in [2.24, 2.45) is 5.73 Å². The largest absolute Gasteiger partial charge is 0.480 e. The zero-order valence-corrected chi connectivity index (χ0v) is 9.46. The lowest BCUT2D eigenvalue weighted by Gasteiger charge is -2.07. The van der Waals surface area contributed by atoms with Crippen molar-refractivity contribution in [3.63, 3.8) is 0 Å². The molecule has 0 aliphatic rings. The summed E-state index contributed by atoms with van der Waals surface area (Å²) < 4.78 is 0.854. The van der Waals surface area contributed by atoms with Gasteiger partial charge in [-0.25, -0.2) is 9.48 Å². The first-order valence-electron chi connectivity index (χ1n) is 3.77. The van der Waals surface area contributed by atoms with Crippen molar-refractivity contribution in [1.82, 2.24) is 14.8 Å². The topological polar surface area (TPSA) is 131 Å². The highest BCUT2D eigenvalue weighted by molar-refractivity contribution is 14.1. The standard InChI is InChI=1S/C6H7IN4O4/c7-3-4(12)9-6(15)11(10-3)1-2(8)5(13)14/h2H,1,8H2,(H,13,14)(H,9,12,15)/t2-/m1/s1. The minimum absolute atomic E-state index is 0.0461. The third-order valence-corrected chi connectivity index (χ3v) is 2.24. The fraction of sp³-hybridized carbons (Fsp3) is 0.333. The Morgan fingerprint density at radius 3 is 2.80 bits per heavy atom. The van der Waals surface area contributed by atoms with Gasteiger partial charge in [0.15, 0.2) is 3.70 Å². The molecule has 1 rings (SSSR count). The summed E-state index contributed by atoms with van der Waals surface area (Å²) in [4.78, 5) is 34.5. The van der Waals surface area contributed by atoms with Gasteiger partial charge in [0.2, 0.25) is 0 Å². The Bertz CT molecular complexity index is 493. The molecule has 0 aromatic carbocycles. The lowest BCUT2D eigenvalue weighted by molar-refractivity contribution is -0.138. The number of nitrogens with zero attached hydrogens (tertiary/aromatic N) is 2. The van der Waals surface area contributed by atoms with Crippen molar-refractivity contribution in [3.05, 3.63) is 24.5 Å². The average Bonchev–Trinajstić information content (AvgIpc) is 2.13. The Kier molecular flexibility index (Phi) is 3.57. The van der Waals surface area contributed by atoms with Crippen LogP contribution in [-0.2, 0) is 11.3 Å². The van der Waals surface area contributed by atoms with Gasteiger partial charge in [0.05, 0.1) is 6.54 Å². The van der Waals surface area contributed by atoms with Crippen LogP contribution in [0.15, 0.2) is 9.59 Å². The first-order valence-corrected chi connectivity index (χ1v) is 4.85. The average molecular weight is 326 g/mol. The summed E-state index contributed by atoms with van der Waals surface area (Å²) in [7, 11) is 0. The SMILES string of the molecule is N[C@H](Cn1nc(I)c(=O)[nH]c1=O)C(=O)O. The minimum atomic E-state index is -1.25. The van der Waals surface area contributed by atoms with Crippen molar-refractivity contribution < 1.29 is 9.90 Å². The van der Waals surface area contributed by atoms with Crippen molar-refractivity contribution in [3.8, 4) is 0 Å². The van der Waals surface area contributed by atoms with E-state index in [-0.39, 0.29) is 10.2 Å². The zero-order valence-electron chi connectivity index (χ0n) is 7.31. The van der Waals surface area contributed by atoms with E-state index in [1.54, 1.807) is 22.6 Å². The number of nitrogens with two attached hydrogens (primary N) is 1. The van der Waals surface area contributed by atoms with Gasteiger partial charge in [-0.15, -0.1) is 0 Å². The molecule has 0 unspecified atom stereocenters. The van der Waals surface area contributed by atoms with Gasteiger partial charge in [0.25, 0.3) is 5.56 Å². The number of hydrogen-bond donors (Lipinski definition) is 3. The van der Waals surface area contributed by atoms with Gasteiger partial charge in [-0.2, -0.15) is 5.10 Å². The summed E-state index contributed by atoms with van der Waals surface area (Å²) in [5, 5.41) is 12.1. The third-order valence-electron chi connectivity index (χ3n) is 1.54. The molecule has 0 spiro atoms. The molecule has 0 aliphatic carbocycles. The van der Waals surface area contributed by atoms with Gasteiger partial charge < -0.3 is 10.8 Å². The molecule has 8 nitrogen and oxygen atoms in total. The van der Waals surface area contributed by atoms with Gasteiger partial charge in [-0.3, -0.25) is 14.6 Å². The van der Waals surface area contributed by atoms with Crippen molar-refractivity contribution in [2.45, 2.75) is 12.6 Å². The summed E-state index contributed by atoms with van der Waals surface area (Å²) in [6, 6.07) is -1.24. The first kappa shape index (κ1) is 11.8. The van der Waals surface area contributed by atoms with Crippen LogP contribution in [0.3, 0.4) is 0 Å². The number of H-pyrrole nitrogens is 1. The fourth-order valence-electron chi connectivity index (χ4n) is 0.798. The zero-order chi connectivity index (χ0) is 11.6. The Morgan fingerprint density at radius 1 is 1.67 bits per heavy atom. The quantitative estimate of drug-likeness (QED) is 0.548. The molecule has 1 atom stereocenters. The van der Waals surface area contributed by atoms with E-state index in [0.717, 1.165) is 4.68 Å². The number of halogens is 1. The Balaban J connectivity index is 3.06.